The minimum absolute atomic E-state index is 0.00134. The number of allylic oxidation sites excluding steroid dienone is 3. The number of aromatic nitrogens is 2. The molecule has 0 radical (unpaired) electrons. The molecule has 1 unspecified atom stereocenters. The highest BCUT2D eigenvalue weighted by Gasteiger charge is 2.36. The number of benzene rings is 1. The smallest absolute Gasteiger partial charge is 0.279 e. The van der Waals surface area contributed by atoms with Crippen LogP contribution in [0, 0.1) is 30.6 Å². The molecule has 1 aromatic heterocycles. The minimum Gasteiger partial charge on any atom is -0.367 e. The Morgan fingerprint density at radius 3 is 2.68 bits per heavy atom. The molecule has 3 rings (SSSR count). The second kappa shape index (κ2) is 5.99. The van der Waals surface area contributed by atoms with Gasteiger partial charge in [-0.25, -0.2) is 18.0 Å². The molecule has 8 heteroatoms. The second-order valence-corrected chi connectivity index (χ2v) is 5.66. The third-order valence-corrected chi connectivity index (χ3v) is 4.19. The summed E-state index contributed by atoms with van der Waals surface area (Å²) in [5.41, 5.74) is 0.296. The number of nitrogens with one attached hydrogen (secondary N) is 2. The third-order valence-electron chi connectivity index (χ3n) is 4.19. The van der Waals surface area contributed by atoms with Crippen LogP contribution < -0.4 is 5.32 Å². The van der Waals surface area contributed by atoms with E-state index >= 15 is 0 Å². The van der Waals surface area contributed by atoms with Crippen LogP contribution in [-0.2, 0) is 0 Å². The molecular weight excluding hydrogens is 331 g/mol. The molecule has 0 saturated heterocycles. The van der Waals surface area contributed by atoms with E-state index in [1.54, 1.807) is 13.0 Å². The molecule has 1 aliphatic rings. The fourth-order valence-electron chi connectivity index (χ4n) is 2.99. The molecule has 0 amide bonds. The number of rotatable bonds is 2. The summed E-state index contributed by atoms with van der Waals surface area (Å²) in [5.74, 6) is -1.90. The zero-order valence-electron chi connectivity index (χ0n) is 13.3. The van der Waals surface area contributed by atoms with Crippen molar-refractivity contribution in [3.8, 4) is 6.07 Å². The lowest BCUT2D eigenvalue weighted by Gasteiger charge is -2.27. The van der Waals surface area contributed by atoms with Gasteiger partial charge in [0.1, 0.15) is 5.82 Å². The van der Waals surface area contributed by atoms with Gasteiger partial charge in [0, 0.05) is 22.8 Å². The Bertz CT molecular complexity index is 1020. The number of alkyl halides is 2. The third kappa shape index (κ3) is 2.52. The number of nitriles is 1. The van der Waals surface area contributed by atoms with E-state index < -0.39 is 23.9 Å². The van der Waals surface area contributed by atoms with Gasteiger partial charge < -0.3 is 5.32 Å². The summed E-state index contributed by atoms with van der Waals surface area (Å²) in [5, 5.41) is 19.1. The van der Waals surface area contributed by atoms with Gasteiger partial charge in [-0.15, -0.1) is 0 Å². The standard InChI is InChI=1S/C17H12F3N5/c1-7-9-4-10(12(18)5-13(9)25-24-7)14-11(6-21)16(17(19)20)23-8(2)15(14)22-3/h4-5,14,17,23H,1-2H3,(H,24,25). The molecule has 0 aliphatic carbocycles. The number of hydrogen-bond donors (Lipinski definition) is 2. The first-order chi connectivity index (χ1) is 11.9. The van der Waals surface area contributed by atoms with E-state index in [1.807, 2.05) is 0 Å². The average molecular weight is 343 g/mol. The monoisotopic (exact) mass is 343 g/mol. The van der Waals surface area contributed by atoms with Gasteiger partial charge >= 0.3 is 0 Å². The van der Waals surface area contributed by atoms with Crippen LogP contribution in [0.3, 0.4) is 0 Å². The molecule has 1 atom stereocenters. The molecule has 2 N–H and O–H groups in total. The minimum atomic E-state index is -2.94. The molecular formula is C17H12F3N5. The largest absolute Gasteiger partial charge is 0.367 e. The zero-order chi connectivity index (χ0) is 18.3. The maximum atomic E-state index is 14.7. The van der Waals surface area contributed by atoms with E-state index in [9.17, 15) is 18.4 Å². The van der Waals surface area contributed by atoms with Crippen LogP contribution in [0.15, 0.2) is 34.8 Å². The van der Waals surface area contributed by atoms with Crippen molar-refractivity contribution in [3.05, 3.63) is 63.3 Å². The average Bonchev–Trinajstić information content (AvgIpc) is 2.93. The van der Waals surface area contributed by atoms with Gasteiger partial charge in [-0.1, -0.05) is 0 Å². The lowest BCUT2D eigenvalue weighted by Crippen LogP contribution is -2.28. The van der Waals surface area contributed by atoms with Crippen molar-refractivity contribution in [1.29, 1.82) is 5.26 Å². The topological polar surface area (TPSA) is 68.9 Å². The van der Waals surface area contributed by atoms with Crippen LogP contribution in [0.5, 0.6) is 0 Å². The predicted octanol–water partition coefficient (Wildman–Crippen LogP) is 3.89. The molecule has 0 bridgehead atoms. The highest BCUT2D eigenvalue weighted by atomic mass is 19.3. The Hall–Kier alpha value is -3.26. The van der Waals surface area contributed by atoms with Crippen LogP contribution in [0.2, 0.25) is 0 Å². The van der Waals surface area contributed by atoms with Crippen molar-refractivity contribution in [2.75, 3.05) is 0 Å². The van der Waals surface area contributed by atoms with Crippen molar-refractivity contribution in [3.63, 3.8) is 0 Å². The Morgan fingerprint density at radius 2 is 2.08 bits per heavy atom. The van der Waals surface area contributed by atoms with Gasteiger partial charge in [0.15, 0.2) is 5.70 Å². The van der Waals surface area contributed by atoms with Gasteiger partial charge in [-0.3, -0.25) is 5.10 Å². The molecule has 0 fully saturated rings. The highest BCUT2D eigenvalue weighted by Crippen LogP contribution is 2.41. The number of halogens is 3. The molecule has 1 aliphatic heterocycles. The Kier molecular flexibility index (Phi) is 3.97. The van der Waals surface area contributed by atoms with Crippen molar-refractivity contribution in [2.45, 2.75) is 26.2 Å². The fraction of sp³-hybridized carbons (Fsp3) is 0.235. The molecule has 2 heterocycles. The van der Waals surface area contributed by atoms with Crippen molar-refractivity contribution in [1.82, 2.24) is 15.5 Å². The van der Waals surface area contributed by atoms with Gasteiger partial charge in [0.05, 0.1) is 35.3 Å². The number of dihydropyridines is 1. The Labute approximate surface area is 141 Å². The van der Waals surface area contributed by atoms with Gasteiger partial charge in [-0.05, 0) is 25.5 Å². The van der Waals surface area contributed by atoms with E-state index in [1.165, 1.54) is 19.1 Å². The lowest BCUT2D eigenvalue weighted by atomic mass is 9.83. The van der Waals surface area contributed by atoms with Gasteiger partial charge in [0.25, 0.3) is 6.43 Å². The number of H-pyrrole nitrogens is 1. The summed E-state index contributed by atoms with van der Waals surface area (Å²) in [6.07, 6.45) is -2.94. The maximum absolute atomic E-state index is 14.7. The number of aromatic amines is 1. The summed E-state index contributed by atoms with van der Waals surface area (Å²) in [6, 6.07) is 4.35. The lowest BCUT2D eigenvalue weighted by molar-refractivity contribution is 0.180. The molecule has 0 saturated carbocycles. The van der Waals surface area contributed by atoms with E-state index in [4.69, 9.17) is 6.57 Å². The van der Waals surface area contributed by atoms with Crippen molar-refractivity contribution >= 4 is 10.9 Å². The predicted molar refractivity (Wildman–Crippen MR) is 84.6 cm³/mol. The fourth-order valence-corrected chi connectivity index (χ4v) is 2.99. The summed E-state index contributed by atoms with van der Waals surface area (Å²) < 4.78 is 41.3. The van der Waals surface area contributed by atoms with Crippen LogP contribution in [-0.4, -0.2) is 16.6 Å². The summed E-state index contributed by atoms with van der Waals surface area (Å²) in [7, 11) is 0. The van der Waals surface area contributed by atoms with E-state index in [-0.39, 0.29) is 22.5 Å². The zero-order valence-corrected chi connectivity index (χ0v) is 13.3. The van der Waals surface area contributed by atoms with E-state index in [0.717, 1.165) is 0 Å². The quantitative estimate of drug-likeness (QED) is 0.813. The highest BCUT2D eigenvalue weighted by molar-refractivity contribution is 5.82. The van der Waals surface area contributed by atoms with Gasteiger partial charge in [0.2, 0.25) is 0 Å². The van der Waals surface area contributed by atoms with Crippen molar-refractivity contribution in [2.24, 2.45) is 0 Å². The summed E-state index contributed by atoms with van der Waals surface area (Å²) >= 11 is 0. The summed E-state index contributed by atoms with van der Waals surface area (Å²) in [6.45, 7) is 10.6. The Morgan fingerprint density at radius 1 is 1.36 bits per heavy atom. The first-order valence-electron chi connectivity index (χ1n) is 7.30. The molecule has 5 nitrogen and oxygen atoms in total. The molecule has 0 spiro atoms. The van der Waals surface area contributed by atoms with Gasteiger partial charge in [-0.2, -0.15) is 10.4 Å². The van der Waals surface area contributed by atoms with Crippen LogP contribution in [0.25, 0.3) is 15.7 Å². The second-order valence-electron chi connectivity index (χ2n) is 5.66. The molecule has 2 aromatic rings. The number of fused-ring (bicyclic) bond motifs is 1. The SMILES string of the molecule is [C-]#[N+]C1=C(C)NC(C(F)F)=C(C#N)C1c1cc2c(C)[nH]nc2cc1F. The van der Waals surface area contributed by atoms with Crippen LogP contribution in [0.1, 0.15) is 24.1 Å². The number of nitrogens with zero attached hydrogens (tertiary/aromatic N) is 3. The molecule has 1 aromatic carbocycles. The molecule has 25 heavy (non-hydrogen) atoms. The molecule has 126 valence electrons. The maximum Gasteiger partial charge on any atom is 0.279 e. The number of hydrogen-bond acceptors (Lipinski definition) is 3. The van der Waals surface area contributed by atoms with Crippen LogP contribution in [0.4, 0.5) is 13.2 Å². The first kappa shape index (κ1) is 16.6. The first-order valence-corrected chi connectivity index (χ1v) is 7.30. The van der Waals surface area contributed by atoms with Crippen molar-refractivity contribution < 1.29 is 13.2 Å². The normalized spacial score (nSPS) is 17.7. The summed E-state index contributed by atoms with van der Waals surface area (Å²) in [4.78, 5) is 3.36. The Balaban J connectivity index is 2.33. The van der Waals surface area contributed by atoms with Crippen LogP contribution >= 0.6 is 0 Å². The van der Waals surface area contributed by atoms with E-state index in [0.29, 0.717) is 16.6 Å². The number of aryl methyl sites for hydroxylation is 1. The van der Waals surface area contributed by atoms with E-state index in [2.05, 4.69) is 20.4 Å².